The topological polar surface area (TPSA) is 98.4 Å². The maximum atomic E-state index is 5.98. The minimum absolute atomic E-state index is 0.191. The van der Waals surface area contributed by atoms with Crippen LogP contribution in [0.3, 0.4) is 0 Å². The molecule has 3 N–H and O–H groups in total. The van der Waals surface area contributed by atoms with E-state index < -0.39 is 0 Å². The molecule has 166 valence electrons. The van der Waals surface area contributed by atoms with Crippen LogP contribution in [0, 0.1) is 0 Å². The Balaban J connectivity index is 1.29. The van der Waals surface area contributed by atoms with Gasteiger partial charge in [-0.25, -0.2) is 9.97 Å². The second kappa shape index (κ2) is 9.54. The van der Waals surface area contributed by atoms with E-state index in [0.29, 0.717) is 11.5 Å². The highest BCUT2D eigenvalue weighted by atomic mass is 16.5. The van der Waals surface area contributed by atoms with Crippen molar-refractivity contribution in [2.24, 2.45) is 0 Å². The zero-order valence-electron chi connectivity index (χ0n) is 18.0. The maximum Gasteiger partial charge on any atom is 0.222 e. The number of benzene rings is 2. The van der Waals surface area contributed by atoms with Gasteiger partial charge in [0, 0.05) is 36.6 Å². The lowest BCUT2D eigenvalue weighted by Crippen LogP contribution is -2.36. The van der Waals surface area contributed by atoms with Gasteiger partial charge >= 0.3 is 0 Å². The van der Waals surface area contributed by atoms with Gasteiger partial charge in [0.25, 0.3) is 0 Å². The fraction of sp³-hybridized carbons (Fsp3) is 0.160. The first-order chi connectivity index (χ1) is 16.2. The number of nitrogens with two attached hydrogens (primary N) is 1. The van der Waals surface area contributed by atoms with E-state index in [9.17, 15) is 0 Å². The number of para-hydroxylation sites is 1. The third-order valence-corrected chi connectivity index (χ3v) is 5.23. The van der Waals surface area contributed by atoms with Gasteiger partial charge in [-0.05, 0) is 48.5 Å². The summed E-state index contributed by atoms with van der Waals surface area (Å²) < 4.78 is 11.3. The minimum atomic E-state index is 0.191. The van der Waals surface area contributed by atoms with Crippen molar-refractivity contribution in [3.63, 3.8) is 0 Å². The number of rotatable bonds is 6. The first kappa shape index (κ1) is 20.7. The Bertz CT molecular complexity index is 1190. The highest BCUT2D eigenvalue weighted by Gasteiger charge is 2.13. The van der Waals surface area contributed by atoms with Gasteiger partial charge in [-0.15, -0.1) is 0 Å². The molecule has 5 rings (SSSR count). The average molecular weight is 441 g/mol. The van der Waals surface area contributed by atoms with Crippen molar-refractivity contribution in [2.45, 2.75) is 0 Å². The van der Waals surface area contributed by atoms with Gasteiger partial charge in [0.1, 0.15) is 23.1 Å². The lowest BCUT2D eigenvalue weighted by Gasteiger charge is -2.27. The highest BCUT2D eigenvalue weighted by molar-refractivity contribution is 5.67. The first-order valence-electron chi connectivity index (χ1n) is 10.8. The SMILES string of the molecule is Nc1nc(Nc2ccc(Oc3ccccc3)cc2)cc(-c2ccc(N3CCOCC3)nc2)n1. The van der Waals surface area contributed by atoms with Crippen molar-refractivity contribution >= 4 is 23.3 Å². The molecule has 0 spiro atoms. The summed E-state index contributed by atoms with van der Waals surface area (Å²) in [5.41, 5.74) is 8.42. The van der Waals surface area contributed by atoms with Crippen molar-refractivity contribution in [1.82, 2.24) is 15.0 Å². The van der Waals surface area contributed by atoms with Gasteiger partial charge in [0.15, 0.2) is 0 Å². The molecule has 4 aromatic rings. The number of morpholine rings is 1. The van der Waals surface area contributed by atoms with E-state index >= 15 is 0 Å². The third kappa shape index (κ3) is 5.19. The predicted octanol–water partition coefficient (Wildman–Crippen LogP) is 4.49. The van der Waals surface area contributed by atoms with E-state index in [4.69, 9.17) is 15.2 Å². The molecule has 0 aliphatic carbocycles. The Kier molecular flexibility index (Phi) is 5.99. The van der Waals surface area contributed by atoms with E-state index in [1.807, 2.05) is 79.0 Å². The Hall–Kier alpha value is -4.17. The molecule has 8 heteroatoms. The van der Waals surface area contributed by atoms with Gasteiger partial charge < -0.3 is 25.4 Å². The number of hydrogen-bond acceptors (Lipinski definition) is 8. The van der Waals surface area contributed by atoms with Crippen molar-refractivity contribution in [3.8, 4) is 22.8 Å². The molecule has 1 saturated heterocycles. The molecule has 0 radical (unpaired) electrons. The van der Waals surface area contributed by atoms with Gasteiger partial charge in [0.2, 0.25) is 5.95 Å². The van der Waals surface area contributed by atoms with Crippen LogP contribution in [0.15, 0.2) is 79.0 Å². The smallest absolute Gasteiger partial charge is 0.222 e. The number of hydrogen-bond donors (Lipinski definition) is 2. The van der Waals surface area contributed by atoms with Crippen molar-refractivity contribution in [2.75, 3.05) is 42.3 Å². The maximum absolute atomic E-state index is 5.98. The van der Waals surface area contributed by atoms with Gasteiger partial charge in [-0.2, -0.15) is 4.98 Å². The molecular weight excluding hydrogens is 416 g/mol. The van der Waals surface area contributed by atoms with Crippen LogP contribution in [0.1, 0.15) is 0 Å². The lowest BCUT2D eigenvalue weighted by molar-refractivity contribution is 0.122. The molecule has 0 saturated carbocycles. The second-order valence-corrected chi connectivity index (χ2v) is 7.57. The number of nitrogen functional groups attached to an aromatic ring is 1. The number of pyridine rings is 1. The van der Waals surface area contributed by atoms with Crippen molar-refractivity contribution in [1.29, 1.82) is 0 Å². The second-order valence-electron chi connectivity index (χ2n) is 7.57. The minimum Gasteiger partial charge on any atom is -0.457 e. The van der Waals surface area contributed by atoms with E-state index in [-0.39, 0.29) is 5.95 Å². The molecule has 2 aromatic heterocycles. The number of nitrogens with zero attached hydrogens (tertiary/aromatic N) is 4. The molecule has 0 bridgehead atoms. The summed E-state index contributed by atoms with van der Waals surface area (Å²) in [4.78, 5) is 15.5. The van der Waals surface area contributed by atoms with Crippen LogP contribution in [-0.2, 0) is 4.74 Å². The third-order valence-electron chi connectivity index (χ3n) is 5.23. The standard InChI is InChI=1S/C25H24N6O2/c26-25-29-22(18-6-11-24(27-17-18)31-12-14-32-15-13-31)16-23(30-25)28-19-7-9-21(10-8-19)33-20-4-2-1-3-5-20/h1-11,16-17H,12-15H2,(H3,26,28,29,30). The molecule has 33 heavy (non-hydrogen) atoms. The summed E-state index contributed by atoms with van der Waals surface area (Å²) >= 11 is 0. The molecule has 2 aromatic carbocycles. The van der Waals surface area contributed by atoms with Crippen LogP contribution in [0.25, 0.3) is 11.3 Å². The van der Waals surface area contributed by atoms with E-state index in [2.05, 4.69) is 25.2 Å². The largest absolute Gasteiger partial charge is 0.457 e. The predicted molar refractivity (Wildman–Crippen MR) is 129 cm³/mol. The molecule has 0 atom stereocenters. The van der Waals surface area contributed by atoms with Gasteiger partial charge in [-0.3, -0.25) is 0 Å². The molecule has 1 aliphatic rings. The van der Waals surface area contributed by atoms with Crippen LogP contribution in [-0.4, -0.2) is 41.3 Å². The Labute approximate surface area is 192 Å². The van der Waals surface area contributed by atoms with Gasteiger partial charge in [-0.1, -0.05) is 18.2 Å². The monoisotopic (exact) mass is 440 g/mol. The molecule has 0 amide bonds. The van der Waals surface area contributed by atoms with E-state index in [0.717, 1.165) is 54.9 Å². The fourth-order valence-electron chi connectivity index (χ4n) is 3.57. The lowest BCUT2D eigenvalue weighted by atomic mass is 10.2. The highest BCUT2D eigenvalue weighted by Crippen LogP contribution is 2.26. The molecule has 8 nitrogen and oxygen atoms in total. The Morgan fingerprint density at radius 1 is 0.879 bits per heavy atom. The van der Waals surface area contributed by atoms with Crippen LogP contribution in [0.2, 0.25) is 0 Å². The quantitative estimate of drug-likeness (QED) is 0.452. The average Bonchev–Trinajstić information content (AvgIpc) is 2.86. The molecular formula is C25H24N6O2. The first-order valence-corrected chi connectivity index (χ1v) is 10.8. The van der Waals surface area contributed by atoms with Gasteiger partial charge in [0.05, 0.1) is 18.9 Å². The van der Waals surface area contributed by atoms with Crippen molar-refractivity contribution in [3.05, 3.63) is 79.0 Å². The summed E-state index contributed by atoms with van der Waals surface area (Å²) in [6, 6.07) is 23.2. The Morgan fingerprint density at radius 2 is 1.64 bits per heavy atom. The zero-order valence-corrected chi connectivity index (χ0v) is 18.0. The number of ether oxygens (including phenoxy) is 2. The summed E-state index contributed by atoms with van der Waals surface area (Å²) in [5, 5.41) is 3.28. The van der Waals surface area contributed by atoms with E-state index in [1.165, 1.54) is 0 Å². The van der Waals surface area contributed by atoms with Crippen LogP contribution in [0.5, 0.6) is 11.5 Å². The number of aromatic nitrogens is 3. The van der Waals surface area contributed by atoms with Crippen LogP contribution >= 0.6 is 0 Å². The molecule has 0 unspecified atom stereocenters. The van der Waals surface area contributed by atoms with Crippen molar-refractivity contribution < 1.29 is 9.47 Å². The molecule has 1 fully saturated rings. The summed E-state index contributed by atoms with van der Waals surface area (Å²) in [5.74, 6) is 3.27. The summed E-state index contributed by atoms with van der Waals surface area (Å²) in [7, 11) is 0. The molecule has 1 aliphatic heterocycles. The molecule has 3 heterocycles. The van der Waals surface area contributed by atoms with Crippen LogP contribution in [0.4, 0.5) is 23.3 Å². The van der Waals surface area contributed by atoms with Crippen LogP contribution < -0.4 is 20.7 Å². The summed E-state index contributed by atoms with van der Waals surface area (Å²) in [6.07, 6.45) is 1.81. The summed E-state index contributed by atoms with van der Waals surface area (Å²) in [6.45, 7) is 3.13. The number of nitrogens with one attached hydrogen (secondary N) is 1. The number of anilines is 4. The zero-order chi connectivity index (χ0) is 22.5. The Morgan fingerprint density at radius 3 is 2.36 bits per heavy atom. The normalized spacial score (nSPS) is 13.5. The fourth-order valence-corrected chi connectivity index (χ4v) is 3.57. The van der Waals surface area contributed by atoms with E-state index in [1.54, 1.807) is 0 Å².